The van der Waals surface area contributed by atoms with Crippen molar-refractivity contribution in [3.8, 4) is 0 Å². The number of hydrogen-bond acceptors (Lipinski definition) is 3. The lowest BCUT2D eigenvalue weighted by atomic mass is 9.98. The Morgan fingerprint density at radius 3 is 2.71 bits per heavy atom. The summed E-state index contributed by atoms with van der Waals surface area (Å²) >= 11 is 0. The molecule has 1 N–H and O–H groups in total. The van der Waals surface area contributed by atoms with Gasteiger partial charge in [-0.25, -0.2) is 4.79 Å². The van der Waals surface area contributed by atoms with Gasteiger partial charge in [-0.3, -0.25) is 4.98 Å². The van der Waals surface area contributed by atoms with Gasteiger partial charge in [-0.15, -0.1) is 0 Å². The van der Waals surface area contributed by atoms with Gasteiger partial charge in [-0.1, -0.05) is 6.07 Å². The maximum Gasteiger partial charge on any atom is 0.320 e. The number of aliphatic hydroxyl groups is 1. The predicted molar refractivity (Wildman–Crippen MR) is 81.7 cm³/mol. The molecule has 1 aromatic rings. The van der Waals surface area contributed by atoms with Gasteiger partial charge in [-0.2, -0.15) is 0 Å². The SMILES string of the molecule is CC1CCCC(C)N1C(=O)N(CCO)Cc1cccnc1. The Balaban J connectivity index is 2.11. The van der Waals surface area contributed by atoms with E-state index in [0.717, 1.165) is 18.4 Å². The van der Waals surface area contributed by atoms with Crippen molar-refractivity contribution in [2.45, 2.75) is 51.7 Å². The van der Waals surface area contributed by atoms with Gasteiger partial charge in [0.1, 0.15) is 0 Å². The van der Waals surface area contributed by atoms with Crippen LogP contribution in [0.15, 0.2) is 24.5 Å². The summed E-state index contributed by atoms with van der Waals surface area (Å²) in [5.41, 5.74) is 0.983. The van der Waals surface area contributed by atoms with E-state index in [2.05, 4.69) is 18.8 Å². The molecule has 2 atom stereocenters. The maximum atomic E-state index is 12.8. The predicted octanol–water partition coefficient (Wildman–Crippen LogP) is 2.26. The van der Waals surface area contributed by atoms with E-state index in [0.29, 0.717) is 13.1 Å². The van der Waals surface area contributed by atoms with E-state index < -0.39 is 0 Å². The quantitative estimate of drug-likeness (QED) is 0.925. The fourth-order valence-electron chi connectivity index (χ4n) is 3.04. The van der Waals surface area contributed by atoms with Crippen LogP contribution < -0.4 is 0 Å². The first-order chi connectivity index (χ1) is 10.1. The van der Waals surface area contributed by atoms with Crippen molar-refractivity contribution in [2.24, 2.45) is 0 Å². The van der Waals surface area contributed by atoms with E-state index in [1.54, 1.807) is 17.3 Å². The van der Waals surface area contributed by atoms with Crippen LogP contribution in [0, 0.1) is 0 Å². The van der Waals surface area contributed by atoms with Crippen molar-refractivity contribution < 1.29 is 9.90 Å². The van der Waals surface area contributed by atoms with Crippen molar-refractivity contribution in [1.29, 1.82) is 0 Å². The minimum absolute atomic E-state index is 0.0209. The number of likely N-dealkylation sites (tertiary alicyclic amines) is 1. The van der Waals surface area contributed by atoms with Gasteiger partial charge < -0.3 is 14.9 Å². The van der Waals surface area contributed by atoms with Gasteiger partial charge in [-0.05, 0) is 44.7 Å². The maximum absolute atomic E-state index is 12.8. The van der Waals surface area contributed by atoms with Crippen LogP contribution in [0.5, 0.6) is 0 Å². The number of nitrogens with zero attached hydrogens (tertiary/aromatic N) is 3. The van der Waals surface area contributed by atoms with Crippen molar-refractivity contribution in [1.82, 2.24) is 14.8 Å². The molecule has 2 rings (SSSR count). The third-order valence-electron chi connectivity index (χ3n) is 4.15. The molecule has 0 aliphatic carbocycles. The Labute approximate surface area is 126 Å². The van der Waals surface area contributed by atoms with Crippen LogP contribution in [0.3, 0.4) is 0 Å². The van der Waals surface area contributed by atoms with Crippen LogP contribution >= 0.6 is 0 Å². The molecule has 2 unspecified atom stereocenters. The number of carbonyl (C=O) groups is 1. The molecule has 1 saturated heterocycles. The lowest BCUT2D eigenvalue weighted by Gasteiger charge is -2.41. The minimum atomic E-state index is -0.0252. The topological polar surface area (TPSA) is 56.7 Å². The smallest absolute Gasteiger partial charge is 0.320 e. The van der Waals surface area contributed by atoms with Gasteiger partial charge >= 0.3 is 6.03 Å². The fourth-order valence-corrected chi connectivity index (χ4v) is 3.04. The first-order valence-electron chi connectivity index (χ1n) is 7.70. The van der Waals surface area contributed by atoms with Crippen molar-refractivity contribution in [3.05, 3.63) is 30.1 Å². The third kappa shape index (κ3) is 3.94. The van der Waals surface area contributed by atoms with Gasteiger partial charge in [0.2, 0.25) is 0 Å². The summed E-state index contributed by atoms with van der Waals surface area (Å²) in [6, 6.07) is 4.36. The number of pyridine rings is 1. The molecule has 1 aliphatic rings. The molecular weight excluding hydrogens is 266 g/mol. The summed E-state index contributed by atoms with van der Waals surface area (Å²) in [6.07, 6.45) is 6.76. The second kappa shape index (κ2) is 7.41. The average Bonchev–Trinajstić information content (AvgIpc) is 2.47. The van der Waals surface area contributed by atoms with E-state index in [1.165, 1.54) is 6.42 Å². The van der Waals surface area contributed by atoms with E-state index in [1.807, 2.05) is 17.0 Å². The molecular formula is C16H25N3O2. The van der Waals surface area contributed by atoms with Crippen LogP contribution in [0.1, 0.15) is 38.7 Å². The molecule has 21 heavy (non-hydrogen) atoms. The molecule has 0 bridgehead atoms. The molecule has 0 radical (unpaired) electrons. The number of aliphatic hydroxyl groups excluding tert-OH is 1. The molecule has 116 valence electrons. The average molecular weight is 291 g/mol. The molecule has 5 heteroatoms. The zero-order valence-corrected chi connectivity index (χ0v) is 12.9. The molecule has 0 spiro atoms. The highest BCUT2D eigenvalue weighted by molar-refractivity contribution is 5.75. The second-order valence-electron chi connectivity index (χ2n) is 5.83. The summed E-state index contributed by atoms with van der Waals surface area (Å²) in [7, 11) is 0. The molecule has 1 aromatic heterocycles. The fraction of sp³-hybridized carbons (Fsp3) is 0.625. The molecule has 2 amide bonds. The monoisotopic (exact) mass is 291 g/mol. The number of urea groups is 1. The minimum Gasteiger partial charge on any atom is -0.395 e. The molecule has 0 saturated carbocycles. The normalized spacial score (nSPS) is 22.1. The highest BCUT2D eigenvalue weighted by atomic mass is 16.3. The van der Waals surface area contributed by atoms with E-state index in [4.69, 9.17) is 0 Å². The highest BCUT2D eigenvalue weighted by Crippen LogP contribution is 2.24. The third-order valence-corrected chi connectivity index (χ3v) is 4.15. The van der Waals surface area contributed by atoms with E-state index >= 15 is 0 Å². The van der Waals surface area contributed by atoms with Crippen molar-refractivity contribution in [2.75, 3.05) is 13.2 Å². The first kappa shape index (κ1) is 15.8. The summed E-state index contributed by atoms with van der Waals surface area (Å²) in [4.78, 5) is 20.6. The van der Waals surface area contributed by atoms with Gasteiger partial charge in [0.05, 0.1) is 6.61 Å². The second-order valence-corrected chi connectivity index (χ2v) is 5.83. The first-order valence-corrected chi connectivity index (χ1v) is 7.70. The Kier molecular flexibility index (Phi) is 5.56. The van der Waals surface area contributed by atoms with Gasteiger partial charge in [0.25, 0.3) is 0 Å². The Morgan fingerprint density at radius 2 is 2.14 bits per heavy atom. The van der Waals surface area contributed by atoms with Crippen LogP contribution in [-0.2, 0) is 6.54 Å². The molecule has 0 aromatic carbocycles. The lowest BCUT2D eigenvalue weighted by Crippen LogP contribution is -2.53. The van der Waals surface area contributed by atoms with E-state index in [9.17, 15) is 9.90 Å². The van der Waals surface area contributed by atoms with Crippen LogP contribution in [0.25, 0.3) is 0 Å². The van der Waals surface area contributed by atoms with Crippen LogP contribution in [0.2, 0.25) is 0 Å². The van der Waals surface area contributed by atoms with Crippen LogP contribution in [-0.4, -0.2) is 51.2 Å². The summed E-state index contributed by atoms with van der Waals surface area (Å²) in [5, 5.41) is 9.27. The number of carbonyl (C=O) groups excluding carboxylic acids is 1. The molecule has 1 aliphatic heterocycles. The number of amides is 2. The van der Waals surface area contributed by atoms with Crippen LogP contribution in [0.4, 0.5) is 4.79 Å². The number of piperidine rings is 1. The Hall–Kier alpha value is -1.62. The van der Waals surface area contributed by atoms with Gasteiger partial charge in [0, 0.05) is 37.6 Å². The molecule has 5 nitrogen and oxygen atoms in total. The number of aromatic nitrogens is 1. The molecule has 2 heterocycles. The largest absolute Gasteiger partial charge is 0.395 e. The Bertz CT molecular complexity index is 442. The summed E-state index contributed by atoms with van der Waals surface area (Å²) in [5.74, 6) is 0. The summed E-state index contributed by atoms with van der Waals surface area (Å²) < 4.78 is 0. The zero-order valence-electron chi connectivity index (χ0n) is 12.9. The van der Waals surface area contributed by atoms with Crippen molar-refractivity contribution in [3.63, 3.8) is 0 Å². The van der Waals surface area contributed by atoms with Crippen molar-refractivity contribution >= 4 is 6.03 Å². The Morgan fingerprint density at radius 1 is 1.43 bits per heavy atom. The number of hydrogen-bond donors (Lipinski definition) is 1. The van der Waals surface area contributed by atoms with E-state index in [-0.39, 0.29) is 24.7 Å². The molecule has 1 fully saturated rings. The lowest BCUT2D eigenvalue weighted by molar-refractivity contribution is 0.0843. The van der Waals surface area contributed by atoms with Gasteiger partial charge in [0.15, 0.2) is 0 Å². The highest BCUT2D eigenvalue weighted by Gasteiger charge is 2.31. The number of rotatable bonds is 4. The summed E-state index contributed by atoms with van der Waals surface area (Å²) in [6.45, 7) is 5.03. The standard InChI is InChI=1S/C16H25N3O2/c1-13-5-3-6-14(2)19(13)16(21)18(9-10-20)12-15-7-4-8-17-11-15/h4,7-8,11,13-14,20H,3,5-6,9-10,12H2,1-2H3. The zero-order chi connectivity index (χ0) is 15.2.